The molecule has 4 aromatic rings. The van der Waals surface area contributed by atoms with Crippen molar-refractivity contribution in [1.29, 1.82) is 0 Å². The molecule has 0 atom stereocenters. The first-order chi connectivity index (χ1) is 13.5. The van der Waals surface area contributed by atoms with Gasteiger partial charge in [0.2, 0.25) is 11.7 Å². The standard InChI is InChI=1S/C19H14FN3O3S2/c20-14-6-3-7-15(12-14)28(24,25)23-16-8-2-1-5-13(16)11-18-21-19(22-26-18)17-9-4-10-27-17/h1-10,12,23H,11H2. The molecule has 0 unspecified atom stereocenters. The molecule has 1 N–H and O–H groups in total. The number of rotatable bonds is 6. The molecule has 142 valence electrons. The van der Waals surface area contributed by atoms with Gasteiger partial charge in [-0.15, -0.1) is 11.3 Å². The number of nitrogens with zero attached hydrogens (tertiary/aromatic N) is 2. The van der Waals surface area contributed by atoms with Gasteiger partial charge in [-0.1, -0.05) is 35.5 Å². The maximum absolute atomic E-state index is 13.4. The molecule has 0 amide bonds. The van der Waals surface area contributed by atoms with Crippen LogP contribution in [0.3, 0.4) is 0 Å². The lowest BCUT2D eigenvalue weighted by molar-refractivity contribution is 0.386. The van der Waals surface area contributed by atoms with Gasteiger partial charge in [-0.25, -0.2) is 12.8 Å². The second kappa shape index (κ2) is 7.53. The molecule has 0 saturated carbocycles. The van der Waals surface area contributed by atoms with Crippen LogP contribution in [0.25, 0.3) is 10.7 Å². The minimum Gasteiger partial charge on any atom is -0.339 e. The fourth-order valence-electron chi connectivity index (χ4n) is 2.61. The Kier molecular flexibility index (Phi) is 4.93. The maximum atomic E-state index is 13.4. The Hall–Kier alpha value is -3.04. The topological polar surface area (TPSA) is 85.1 Å². The minimum atomic E-state index is -3.94. The molecular formula is C19H14FN3O3S2. The zero-order valence-electron chi connectivity index (χ0n) is 14.4. The monoisotopic (exact) mass is 415 g/mol. The summed E-state index contributed by atoms with van der Waals surface area (Å²) in [4.78, 5) is 5.09. The number of hydrogen-bond acceptors (Lipinski definition) is 6. The van der Waals surface area contributed by atoms with Gasteiger partial charge in [0.1, 0.15) is 5.82 Å². The molecule has 0 radical (unpaired) electrons. The molecular weight excluding hydrogens is 401 g/mol. The summed E-state index contributed by atoms with van der Waals surface area (Å²) in [6.07, 6.45) is 0.250. The molecule has 0 saturated heterocycles. The van der Waals surface area contributed by atoms with E-state index in [0.29, 0.717) is 23.0 Å². The van der Waals surface area contributed by atoms with Crippen LogP contribution in [-0.2, 0) is 16.4 Å². The summed E-state index contributed by atoms with van der Waals surface area (Å²) in [5.41, 5.74) is 1.02. The van der Waals surface area contributed by atoms with Crippen molar-refractivity contribution in [1.82, 2.24) is 10.1 Å². The van der Waals surface area contributed by atoms with E-state index in [1.54, 1.807) is 24.3 Å². The highest BCUT2D eigenvalue weighted by atomic mass is 32.2. The predicted octanol–water partition coefficient (Wildman–Crippen LogP) is 4.33. The van der Waals surface area contributed by atoms with Crippen molar-refractivity contribution in [3.8, 4) is 10.7 Å². The number of aromatic nitrogens is 2. The molecule has 2 heterocycles. The highest BCUT2D eigenvalue weighted by molar-refractivity contribution is 7.92. The van der Waals surface area contributed by atoms with Crippen LogP contribution in [0, 0.1) is 5.82 Å². The maximum Gasteiger partial charge on any atom is 0.262 e. The minimum absolute atomic E-state index is 0.153. The third-order valence-electron chi connectivity index (χ3n) is 3.92. The molecule has 6 nitrogen and oxygen atoms in total. The van der Waals surface area contributed by atoms with Crippen molar-refractivity contribution in [2.45, 2.75) is 11.3 Å². The van der Waals surface area contributed by atoms with E-state index in [1.165, 1.54) is 29.5 Å². The summed E-state index contributed by atoms with van der Waals surface area (Å²) in [7, 11) is -3.94. The molecule has 2 aromatic heterocycles. The quantitative estimate of drug-likeness (QED) is 0.507. The summed E-state index contributed by atoms with van der Waals surface area (Å²) in [6.45, 7) is 0. The van der Waals surface area contributed by atoms with Crippen molar-refractivity contribution in [2.24, 2.45) is 0 Å². The number of para-hydroxylation sites is 1. The Bertz CT molecular complexity index is 1200. The molecule has 0 aliphatic heterocycles. The first kappa shape index (κ1) is 18.3. The van der Waals surface area contributed by atoms with Crippen LogP contribution in [0.4, 0.5) is 10.1 Å². The summed E-state index contributed by atoms with van der Waals surface area (Å²) >= 11 is 1.50. The highest BCUT2D eigenvalue weighted by Crippen LogP contribution is 2.25. The Morgan fingerprint density at radius 2 is 1.93 bits per heavy atom. The average molecular weight is 415 g/mol. The summed E-state index contributed by atoms with van der Waals surface area (Å²) < 4.78 is 46.4. The van der Waals surface area contributed by atoms with E-state index in [9.17, 15) is 12.8 Å². The van der Waals surface area contributed by atoms with Crippen LogP contribution in [0.1, 0.15) is 11.5 Å². The Balaban J connectivity index is 1.59. The van der Waals surface area contributed by atoms with Crippen molar-refractivity contribution in [3.63, 3.8) is 0 Å². The van der Waals surface area contributed by atoms with E-state index < -0.39 is 15.8 Å². The van der Waals surface area contributed by atoms with E-state index in [-0.39, 0.29) is 11.3 Å². The highest BCUT2D eigenvalue weighted by Gasteiger charge is 2.18. The zero-order valence-corrected chi connectivity index (χ0v) is 16.0. The van der Waals surface area contributed by atoms with E-state index >= 15 is 0 Å². The van der Waals surface area contributed by atoms with Crippen LogP contribution < -0.4 is 4.72 Å². The van der Waals surface area contributed by atoms with Crippen molar-refractivity contribution in [3.05, 3.63) is 83.3 Å². The second-order valence-corrected chi connectivity index (χ2v) is 8.52. The fourth-order valence-corrected chi connectivity index (χ4v) is 4.39. The number of nitrogens with one attached hydrogen (secondary N) is 1. The van der Waals surface area contributed by atoms with Crippen molar-refractivity contribution >= 4 is 27.0 Å². The fraction of sp³-hybridized carbons (Fsp3) is 0.0526. The molecule has 0 fully saturated rings. The number of hydrogen-bond donors (Lipinski definition) is 1. The lowest BCUT2D eigenvalue weighted by atomic mass is 10.1. The van der Waals surface area contributed by atoms with E-state index in [2.05, 4.69) is 14.9 Å². The molecule has 9 heteroatoms. The van der Waals surface area contributed by atoms with Gasteiger partial charge in [0.15, 0.2) is 0 Å². The average Bonchev–Trinajstić information content (AvgIpc) is 3.35. The molecule has 0 bridgehead atoms. The smallest absolute Gasteiger partial charge is 0.262 e. The van der Waals surface area contributed by atoms with Crippen LogP contribution >= 0.6 is 11.3 Å². The van der Waals surface area contributed by atoms with Gasteiger partial charge in [-0.2, -0.15) is 4.98 Å². The van der Waals surface area contributed by atoms with Gasteiger partial charge in [-0.05, 0) is 41.3 Å². The van der Waals surface area contributed by atoms with Gasteiger partial charge in [0.05, 0.1) is 21.9 Å². The number of thiophene rings is 1. The number of halogens is 1. The zero-order chi connectivity index (χ0) is 19.6. The molecule has 2 aromatic carbocycles. The van der Waals surface area contributed by atoms with Crippen LogP contribution in [0.15, 0.2) is 75.5 Å². The Labute approximate surface area is 164 Å². The first-order valence-corrected chi connectivity index (χ1v) is 10.6. The van der Waals surface area contributed by atoms with Gasteiger partial charge in [0, 0.05) is 0 Å². The summed E-state index contributed by atoms with van der Waals surface area (Å²) in [5, 5.41) is 5.88. The van der Waals surface area contributed by atoms with Crippen LogP contribution in [0.5, 0.6) is 0 Å². The van der Waals surface area contributed by atoms with Crippen molar-refractivity contribution < 1.29 is 17.3 Å². The van der Waals surface area contributed by atoms with Crippen LogP contribution in [0.2, 0.25) is 0 Å². The Morgan fingerprint density at radius 1 is 1.07 bits per heavy atom. The molecule has 4 rings (SSSR count). The lowest BCUT2D eigenvalue weighted by Crippen LogP contribution is -2.14. The van der Waals surface area contributed by atoms with E-state index in [0.717, 1.165) is 10.9 Å². The first-order valence-electron chi connectivity index (χ1n) is 8.24. The number of sulfonamides is 1. The molecule has 0 aliphatic rings. The Morgan fingerprint density at radius 3 is 2.71 bits per heavy atom. The normalized spacial score (nSPS) is 11.5. The number of anilines is 1. The molecule has 0 spiro atoms. The SMILES string of the molecule is O=S(=O)(Nc1ccccc1Cc1nc(-c2cccs2)no1)c1cccc(F)c1. The summed E-state index contributed by atoms with van der Waals surface area (Å²) in [5.74, 6) is 0.228. The van der Waals surface area contributed by atoms with Gasteiger partial charge < -0.3 is 4.52 Å². The lowest BCUT2D eigenvalue weighted by Gasteiger charge is -2.11. The van der Waals surface area contributed by atoms with Gasteiger partial charge in [0.25, 0.3) is 10.0 Å². The number of benzene rings is 2. The largest absolute Gasteiger partial charge is 0.339 e. The summed E-state index contributed by atoms with van der Waals surface area (Å²) in [6, 6.07) is 15.5. The van der Waals surface area contributed by atoms with E-state index in [1.807, 2.05) is 17.5 Å². The van der Waals surface area contributed by atoms with Gasteiger partial charge >= 0.3 is 0 Å². The predicted molar refractivity (Wildman–Crippen MR) is 104 cm³/mol. The van der Waals surface area contributed by atoms with Crippen LogP contribution in [-0.4, -0.2) is 18.6 Å². The van der Waals surface area contributed by atoms with Gasteiger partial charge in [-0.3, -0.25) is 4.72 Å². The molecule has 0 aliphatic carbocycles. The van der Waals surface area contributed by atoms with E-state index in [4.69, 9.17) is 4.52 Å². The van der Waals surface area contributed by atoms with Crippen molar-refractivity contribution in [2.75, 3.05) is 4.72 Å². The molecule has 28 heavy (non-hydrogen) atoms. The third kappa shape index (κ3) is 3.95. The third-order valence-corrected chi connectivity index (χ3v) is 6.15. The second-order valence-electron chi connectivity index (χ2n) is 5.89.